The van der Waals surface area contributed by atoms with Crippen molar-refractivity contribution < 1.29 is 17.9 Å². The molecule has 0 aliphatic carbocycles. The van der Waals surface area contributed by atoms with E-state index >= 15 is 0 Å². The zero-order valence-electron chi connectivity index (χ0n) is 13.6. The Balaban J connectivity index is 2.02. The summed E-state index contributed by atoms with van der Waals surface area (Å²) in [7, 11) is -3.58. The normalized spacial score (nSPS) is 12.6. The lowest BCUT2D eigenvalue weighted by molar-refractivity contribution is 0.0467. The first-order valence-electron chi connectivity index (χ1n) is 7.62. The lowest BCUT2D eigenvalue weighted by Crippen LogP contribution is -2.32. The molecule has 1 aromatic heterocycles. The molecule has 0 saturated heterocycles. The highest BCUT2D eigenvalue weighted by Gasteiger charge is 2.17. The van der Waals surface area contributed by atoms with Crippen molar-refractivity contribution in [1.29, 1.82) is 0 Å². The zero-order valence-corrected chi connectivity index (χ0v) is 14.4. The van der Waals surface area contributed by atoms with E-state index in [0.717, 1.165) is 0 Å². The number of nitrogens with one attached hydrogen (secondary N) is 1. The van der Waals surface area contributed by atoms with Crippen molar-refractivity contribution in [3.8, 4) is 0 Å². The standard InChI is InChI=1S/C17H20N2O4S/c1-3-13(2)19-24(21,22)16-9-7-14(8-10-16)17(20)23-12-15-6-4-5-11-18-15/h4-11,13,19H,3,12H2,1-2H3. The molecule has 0 aliphatic rings. The molecule has 1 heterocycles. The van der Waals surface area contributed by atoms with Crippen molar-refractivity contribution in [3.63, 3.8) is 0 Å². The van der Waals surface area contributed by atoms with E-state index in [4.69, 9.17) is 4.74 Å². The van der Waals surface area contributed by atoms with Gasteiger partial charge in [-0.25, -0.2) is 17.9 Å². The lowest BCUT2D eigenvalue weighted by Gasteiger charge is -2.12. The van der Waals surface area contributed by atoms with Gasteiger partial charge in [-0.05, 0) is 49.7 Å². The molecular formula is C17H20N2O4S. The Morgan fingerprint density at radius 1 is 1.21 bits per heavy atom. The SMILES string of the molecule is CCC(C)NS(=O)(=O)c1ccc(C(=O)OCc2ccccn2)cc1. The number of carbonyl (C=O) groups excluding carboxylic acids is 1. The van der Waals surface area contributed by atoms with E-state index in [1.54, 1.807) is 31.3 Å². The molecule has 7 heteroatoms. The van der Waals surface area contributed by atoms with Crippen LogP contribution in [0.5, 0.6) is 0 Å². The summed E-state index contributed by atoms with van der Waals surface area (Å²) in [5.41, 5.74) is 0.927. The van der Waals surface area contributed by atoms with E-state index in [2.05, 4.69) is 9.71 Å². The fourth-order valence-corrected chi connectivity index (χ4v) is 3.22. The highest BCUT2D eigenvalue weighted by molar-refractivity contribution is 7.89. The molecule has 6 nitrogen and oxygen atoms in total. The maximum absolute atomic E-state index is 12.2. The molecule has 0 amide bonds. The number of hydrogen-bond donors (Lipinski definition) is 1. The summed E-state index contributed by atoms with van der Waals surface area (Å²) in [6, 6.07) is 10.8. The highest BCUT2D eigenvalue weighted by atomic mass is 32.2. The van der Waals surface area contributed by atoms with Crippen LogP contribution in [0.2, 0.25) is 0 Å². The molecule has 1 unspecified atom stereocenters. The second kappa shape index (κ2) is 8.03. The first kappa shape index (κ1) is 18.1. The molecule has 1 aromatic carbocycles. The summed E-state index contributed by atoms with van der Waals surface area (Å²) in [5.74, 6) is -0.528. The fourth-order valence-electron chi connectivity index (χ4n) is 1.89. The Kier molecular flexibility index (Phi) is 6.05. The number of ether oxygens (including phenoxy) is 1. The van der Waals surface area contributed by atoms with Crippen LogP contribution < -0.4 is 4.72 Å². The second-order valence-corrected chi connectivity index (χ2v) is 7.07. The summed E-state index contributed by atoms with van der Waals surface area (Å²) < 4.78 is 32.0. The molecule has 1 atom stereocenters. The number of benzene rings is 1. The minimum absolute atomic E-state index is 0.0648. The summed E-state index contributed by atoms with van der Waals surface area (Å²) >= 11 is 0. The van der Waals surface area contributed by atoms with Crippen molar-refractivity contribution in [2.24, 2.45) is 0 Å². The van der Waals surface area contributed by atoms with Gasteiger partial charge in [0.2, 0.25) is 10.0 Å². The first-order chi connectivity index (χ1) is 11.4. The number of pyridine rings is 1. The number of sulfonamides is 1. The Hall–Kier alpha value is -2.25. The van der Waals surface area contributed by atoms with Crippen molar-refractivity contribution in [1.82, 2.24) is 9.71 Å². The summed E-state index contributed by atoms with van der Waals surface area (Å²) in [4.78, 5) is 16.2. The molecular weight excluding hydrogens is 328 g/mol. The van der Waals surface area contributed by atoms with E-state index in [1.165, 1.54) is 24.3 Å². The third kappa shape index (κ3) is 4.87. The van der Waals surface area contributed by atoms with Gasteiger partial charge in [-0.1, -0.05) is 13.0 Å². The summed E-state index contributed by atoms with van der Waals surface area (Å²) in [6.45, 7) is 3.75. The molecule has 0 fully saturated rings. The topological polar surface area (TPSA) is 85.4 Å². The molecule has 0 aliphatic heterocycles. The van der Waals surface area contributed by atoms with Crippen LogP contribution in [0.3, 0.4) is 0 Å². The average Bonchev–Trinajstić information content (AvgIpc) is 2.60. The summed E-state index contributed by atoms with van der Waals surface area (Å²) in [5, 5.41) is 0. The molecule has 128 valence electrons. The van der Waals surface area contributed by atoms with E-state index in [1.807, 2.05) is 6.92 Å². The number of esters is 1. The van der Waals surface area contributed by atoms with Gasteiger partial charge in [-0.2, -0.15) is 0 Å². The van der Waals surface area contributed by atoms with E-state index in [9.17, 15) is 13.2 Å². The van der Waals surface area contributed by atoms with Crippen LogP contribution in [0.1, 0.15) is 36.3 Å². The maximum Gasteiger partial charge on any atom is 0.338 e. The van der Waals surface area contributed by atoms with Crippen LogP contribution in [-0.4, -0.2) is 25.4 Å². The van der Waals surface area contributed by atoms with Crippen LogP contribution in [-0.2, 0) is 21.4 Å². The molecule has 0 spiro atoms. The molecule has 0 bridgehead atoms. The number of hydrogen-bond acceptors (Lipinski definition) is 5. The molecule has 0 radical (unpaired) electrons. The highest BCUT2D eigenvalue weighted by Crippen LogP contribution is 2.13. The predicted octanol–water partition coefficient (Wildman–Crippen LogP) is 2.52. The van der Waals surface area contributed by atoms with Gasteiger partial charge >= 0.3 is 5.97 Å². The van der Waals surface area contributed by atoms with Gasteiger partial charge in [0.25, 0.3) is 0 Å². The Morgan fingerprint density at radius 2 is 1.92 bits per heavy atom. The second-order valence-electron chi connectivity index (χ2n) is 5.35. The average molecular weight is 348 g/mol. The monoisotopic (exact) mass is 348 g/mol. The number of rotatable bonds is 7. The minimum atomic E-state index is -3.58. The van der Waals surface area contributed by atoms with Gasteiger partial charge in [0.05, 0.1) is 16.2 Å². The fraction of sp³-hybridized carbons (Fsp3) is 0.294. The molecule has 1 N–H and O–H groups in total. The molecule has 2 rings (SSSR count). The van der Waals surface area contributed by atoms with E-state index in [-0.39, 0.29) is 23.1 Å². The Bertz CT molecular complexity index is 774. The smallest absolute Gasteiger partial charge is 0.338 e. The van der Waals surface area contributed by atoms with Gasteiger partial charge < -0.3 is 4.74 Å². The first-order valence-corrected chi connectivity index (χ1v) is 9.10. The van der Waals surface area contributed by atoms with Gasteiger partial charge in [0.1, 0.15) is 6.61 Å². The predicted molar refractivity (Wildman–Crippen MR) is 89.9 cm³/mol. The largest absolute Gasteiger partial charge is 0.456 e. The van der Waals surface area contributed by atoms with Crippen molar-refractivity contribution in [3.05, 3.63) is 59.9 Å². The summed E-state index contributed by atoms with van der Waals surface area (Å²) in [6.07, 6.45) is 2.31. The Labute approximate surface area is 141 Å². The maximum atomic E-state index is 12.2. The van der Waals surface area contributed by atoms with E-state index < -0.39 is 16.0 Å². The van der Waals surface area contributed by atoms with Gasteiger partial charge in [-0.15, -0.1) is 0 Å². The van der Waals surface area contributed by atoms with Gasteiger partial charge in [0, 0.05) is 12.2 Å². The van der Waals surface area contributed by atoms with E-state index in [0.29, 0.717) is 12.1 Å². The third-order valence-electron chi connectivity index (χ3n) is 3.45. The van der Waals surface area contributed by atoms with Gasteiger partial charge in [-0.3, -0.25) is 4.98 Å². The number of carbonyl (C=O) groups is 1. The third-order valence-corrected chi connectivity index (χ3v) is 5.05. The zero-order chi connectivity index (χ0) is 17.6. The molecule has 0 saturated carbocycles. The molecule has 2 aromatic rings. The van der Waals surface area contributed by atoms with Crippen LogP contribution in [0, 0.1) is 0 Å². The lowest BCUT2D eigenvalue weighted by atomic mass is 10.2. The minimum Gasteiger partial charge on any atom is -0.456 e. The number of nitrogens with zero attached hydrogens (tertiary/aromatic N) is 1. The quantitative estimate of drug-likeness (QED) is 0.777. The van der Waals surface area contributed by atoms with Crippen molar-refractivity contribution in [2.45, 2.75) is 37.8 Å². The van der Waals surface area contributed by atoms with Crippen molar-refractivity contribution >= 4 is 16.0 Å². The van der Waals surface area contributed by atoms with Crippen LogP contribution in [0.15, 0.2) is 53.6 Å². The van der Waals surface area contributed by atoms with Crippen LogP contribution in [0.25, 0.3) is 0 Å². The van der Waals surface area contributed by atoms with Crippen LogP contribution >= 0.6 is 0 Å². The Morgan fingerprint density at radius 3 is 2.50 bits per heavy atom. The molecule has 24 heavy (non-hydrogen) atoms. The van der Waals surface area contributed by atoms with Gasteiger partial charge in [0.15, 0.2) is 0 Å². The number of aromatic nitrogens is 1. The van der Waals surface area contributed by atoms with Crippen LogP contribution in [0.4, 0.5) is 0 Å². The van der Waals surface area contributed by atoms with Crippen molar-refractivity contribution in [2.75, 3.05) is 0 Å².